The van der Waals surface area contributed by atoms with Gasteiger partial charge in [0, 0.05) is 25.7 Å². The topological polar surface area (TPSA) is 39.7 Å². The SMILES string of the molecule is CCNC(=NCC(C)CN1CCCC1)NC1CC1.I. The Kier molecular flexibility index (Phi) is 8.06. The van der Waals surface area contributed by atoms with Crippen LogP contribution in [0.25, 0.3) is 0 Å². The van der Waals surface area contributed by atoms with Crippen molar-refractivity contribution in [2.75, 3.05) is 32.7 Å². The Labute approximate surface area is 134 Å². The van der Waals surface area contributed by atoms with Gasteiger partial charge in [0.05, 0.1) is 0 Å². The van der Waals surface area contributed by atoms with E-state index in [0.717, 1.165) is 19.0 Å². The lowest BCUT2D eigenvalue weighted by Crippen LogP contribution is -2.39. The Bertz CT molecular complexity index is 273. The summed E-state index contributed by atoms with van der Waals surface area (Å²) in [6.45, 7) is 10.1. The number of guanidine groups is 1. The molecule has 1 aliphatic heterocycles. The Morgan fingerprint density at radius 1 is 1.32 bits per heavy atom. The molecule has 2 rings (SSSR count). The average Bonchev–Trinajstić information content (AvgIpc) is 3.02. The van der Waals surface area contributed by atoms with Gasteiger partial charge in [0.2, 0.25) is 0 Å². The van der Waals surface area contributed by atoms with Crippen LogP contribution in [-0.4, -0.2) is 49.6 Å². The lowest BCUT2D eigenvalue weighted by Gasteiger charge is -2.19. The second-order valence-corrected chi connectivity index (χ2v) is 5.75. The molecule has 0 amide bonds. The van der Waals surface area contributed by atoms with E-state index in [4.69, 9.17) is 4.99 Å². The molecule has 2 fully saturated rings. The standard InChI is InChI=1S/C14H28N4.HI/c1-3-15-14(17-13-6-7-13)16-10-12(2)11-18-8-4-5-9-18;/h12-13H,3-11H2,1-2H3,(H2,15,16,17);1H. The summed E-state index contributed by atoms with van der Waals surface area (Å²) in [5, 5.41) is 6.79. The van der Waals surface area contributed by atoms with Crippen LogP contribution in [0.5, 0.6) is 0 Å². The average molecular weight is 380 g/mol. The van der Waals surface area contributed by atoms with Crippen LogP contribution in [-0.2, 0) is 0 Å². The van der Waals surface area contributed by atoms with Crippen molar-refractivity contribution >= 4 is 29.9 Å². The third kappa shape index (κ3) is 6.79. The first-order valence-corrected chi connectivity index (χ1v) is 7.55. The summed E-state index contributed by atoms with van der Waals surface area (Å²) in [5.41, 5.74) is 0. The highest BCUT2D eigenvalue weighted by atomic mass is 127. The quantitative estimate of drug-likeness (QED) is 0.421. The molecular formula is C14H29IN4. The Morgan fingerprint density at radius 3 is 2.58 bits per heavy atom. The first kappa shape index (κ1) is 17.0. The Balaban J connectivity index is 0.00000180. The fourth-order valence-electron chi connectivity index (χ4n) is 2.45. The summed E-state index contributed by atoms with van der Waals surface area (Å²) in [7, 11) is 0. The van der Waals surface area contributed by atoms with E-state index in [9.17, 15) is 0 Å². The Hall–Kier alpha value is -0.0400. The summed E-state index contributed by atoms with van der Waals surface area (Å²) in [5.74, 6) is 1.66. The summed E-state index contributed by atoms with van der Waals surface area (Å²) >= 11 is 0. The molecule has 1 saturated carbocycles. The summed E-state index contributed by atoms with van der Waals surface area (Å²) < 4.78 is 0. The zero-order valence-corrected chi connectivity index (χ0v) is 14.7. The van der Waals surface area contributed by atoms with Gasteiger partial charge in [-0.15, -0.1) is 24.0 Å². The molecule has 1 atom stereocenters. The number of rotatable bonds is 6. The molecule has 0 aromatic carbocycles. The molecule has 0 aromatic rings. The van der Waals surface area contributed by atoms with Gasteiger partial charge in [-0.25, -0.2) is 0 Å². The molecule has 112 valence electrons. The second kappa shape index (κ2) is 9.00. The molecule has 4 nitrogen and oxygen atoms in total. The van der Waals surface area contributed by atoms with Crippen LogP contribution in [0.15, 0.2) is 4.99 Å². The van der Waals surface area contributed by atoms with Crippen LogP contribution in [0.4, 0.5) is 0 Å². The number of hydrogen-bond acceptors (Lipinski definition) is 2. The van der Waals surface area contributed by atoms with E-state index in [0.29, 0.717) is 12.0 Å². The molecule has 2 aliphatic rings. The smallest absolute Gasteiger partial charge is 0.191 e. The molecule has 1 heterocycles. The molecule has 0 bridgehead atoms. The summed E-state index contributed by atoms with van der Waals surface area (Å²) in [6, 6.07) is 0.677. The van der Waals surface area contributed by atoms with Crippen molar-refractivity contribution < 1.29 is 0 Å². The molecule has 1 saturated heterocycles. The molecular weight excluding hydrogens is 351 g/mol. The van der Waals surface area contributed by atoms with Gasteiger partial charge in [-0.3, -0.25) is 4.99 Å². The van der Waals surface area contributed by atoms with E-state index >= 15 is 0 Å². The lowest BCUT2D eigenvalue weighted by molar-refractivity contribution is 0.291. The van der Waals surface area contributed by atoms with Gasteiger partial charge in [0.1, 0.15) is 0 Å². The number of aliphatic imine (C=N–C) groups is 1. The first-order chi connectivity index (χ1) is 8.78. The lowest BCUT2D eigenvalue weighted by atomic mass is 10.2. The molecule has 0 aromatic heterocycles. The normalized spacial score (nSPS) is 21.9. The van der Waals surface area contributed by atoms with Crippen molar-refractivity contribution in [3.8, 4) is 0 Å². The maximum Gasteiger partial charge on any atom is 0.191 e. The summed E-state index contributed by atoms with van der Waals surface area (Å²) in [4.78, 5) is 7.27. The van der Waals surface area contributed by atoms with Crippen LogP contribution >= 0.6 is 24.0 Å². The van der Waals surface area contributed by atoms with Gasteiger partial charge in [0.25, 0.3) is 0 Å². The van der Waals surface area contributed by atoms with Crippen molar-refractivity contribution in [1.29, 1.82) is 0 Å². The molecule has 1 unspecified atom stereocenters. The molecule has 0 radical (unpaired) electrons. The van der Waals surface area contributed by atoms with Gasteiger partial charge >= 0.3 is 0 Å². The highest BCUT2D eigenvalue weighted by Crippen LogP contribution is 2.18. The minimum atomic E-state index is 0. The highest BCUT2D eigenvalue weighted by Gasteiger charge is 2.22. The molecule has 1 aliphatic carbocycles. The molecule has 5 heteroatoms. The van der Waals surface area contributed by atoms with E-state index in [2.05, 4.69) is 29.4 Å². The van der Waals surface area contributed by atoms with E-state index in [1.165, 1.54) is 45.3 Å². The maximum absolute atomic E-state index is 4.70. The van der Waals surface area contributed by atoms with Crippen molar-refractivity contribution in [3.63, 3.8) is 0 Å². The predicted molar refractivity (Wildman–Crippen MR) is 92.4 cm³/mol. The van der Waals surface area contributed by atoms with Crippen molar-refractivity contribution in [3.05, 3.63) is 0 Å². The highest BCUT2D eigenvalue weighted by molar-refractivity contribution is 14.0. The first-order valence-electron chi connectivity index (χ1n) is 7.55. The second-order valence-electron chi connectivity index (χ2n) is 5.75. The minimum absolute atomic E-state index is 0. The van der Waals surface area contributed by atoms with E-state index in [1.54, 1.807) is 0 Å². The zero-order chi connectivity index (χ0) is 12.8. The number of nitrogens with one attached hydrogen (secondary N) is 2. The van der Waals surface area contributed by atoms with Gasteiger partial charge < -0.3 is 15.5 Å². The fraction of sp³-hybridized carbons (Fsp3) is 0.929. The Morgan fingerprint density at radius 2 is 2.00 bits per heavy atom. The third-order valence-electron chi connectivity index (χ3n) is 3.59. The monoisotopic (exact) mass is 380 g/mol. The maximum atomic E-state index is 4.70. The molecule has 2 N–H and O–H groups in total. The summed E-state index contributed by atoms with van der Waals surface area (Å²) in [6.07, 6.45) is 5.35. The number of nitrogens with zero attached hydrogens (tertiary/aromatic N) is 2. The minimum Gasteiger partial charge on any atom is -0.357 e. The van der Waals surface area contributed by atoms with Gasteiger partial charge in [-0.1, -0.05) is 6.92 Å². The van der Waals surface area contributed by atoms with Crippen LogP contribution in [0, 0.1) is 5.92 Å². The van der Waals surface area contributed by atoms with Crippen LogP contribution < -0.4 is 10.6 Å². The van der Waals surface area contributed by atoms with E-state index < -0.39 is 0 Å². The molecule has 19 heavy (non-hydrogen) atoms. The van der Waals surface area contributed by atoms with Crippen LogP contribution in [0.1, 0.15) is 39.5 Å². The fourth-order valence-corrected chi connectivity index (χ4v) is 2.45. The van der Waals surface area contributed by atoms with Crippen molar-refractivity contribution in [2.24, 2.45) is 10.9 Å². The zero-order valence-electron chi connectivity index (χ0n) is 12.3. The van der Waals surface area contributed by atoms with Crippen LogP contribution in [0.2, 0.25) is 0 Å². The van der Waals surface area contributed by atoms with Crippen molar-refractivity contribution in [1.82, 2.24) is 15.5 Å². The third-order valence-corrected chi connectivity index (χ3v) is 3.59. The van der Waals surface area contributed by atoms with E-state index in [-0.39, 0.29) is 24.0 Å². The van der Waals surface area contributed by atoms with Gasteiger partial charge in [0.15, 0.2) is 5.96 Å². The van der Waals surface area contributed by atoms with Crippen molar-refractivity contribution in [2.45, 2.75) is 45.6 Å². The van der Waals surface area contributed by atoms with E-state index in [1.807, 2.05) is 0 Å². The van der Waals surface area contributed by atoms with Gasteiger partial charge in [-0.05, 0) is 51.6 Å². The van der Waals surface area contributed by atoms with Gasteiger partial charge in [-0.2, -0.15) is 0 Å². The number of halogens is 1. The molecule has 0 spiro atoms. The predicted octanol–water partition coefficient (Wildman–Crippen LogP) is 2.05. The number of likely N-dealkylation sites (tertiary alicyclic amines) is 1. The van der Waals surface area contributed by atoms with Crippen LogP contribution in [0.3, 0.4) is 0 Å². The largest absolute Gasteiger partial charge is 0.357 e. The number of hydrogen-bond donors (Lipinski definition) is 2.